The maximum Gasteiger partial charge on any atom is -0.00489 e. The van der Waals surface area contributed by atoms with Gasteiger partial charge in [-0.25, -0.2) is 0 Å². The Hall–Kier alpha value is -0.300. The number of unbranched alkanes of at least 4 members (excludes halogenated alkanes) is 22. The Morgan fingerprint density at radius 1 is 0.406 bits per heavy atom. The van der Waals surface area contributed by atoms with Crippen LogP contribution >= 0.6 is 0 Å². The van der Waals surface area contributed by atoms with Crippen LogP contribution in [-0.4, -0.2) is 13.1 Å². The summed E-state index contributed by atoms with van der Waals surface area (Å²) in [5.41, 5.74) is 0. The van der Waals surface area contributed by atoms with E-state index in [9.17, 15) is 0 Å². The molecular formula is C31H65N. The topological polar surface area (TPSA) is 12.0 Å². The van der Waals surface area contributed by atoms with Crippen LogP contribution in [0.2, 0.25) is 0 Å². The molecule has 0 bridgehead atoms. The first-order valence-corrected chi connectivity index (χ1v) is 15.1. The predicted molar refractivity (Wildman–Crippen MR) is 151 cm³/mol. The highest BCUT2D eigenvalue weighted by Gasteiger charge is 1.95. The minimum Gasteiger partial charge on any atom is -0.317 e. The van der Waals surface area contributed by atoms with Crippen molar-refractivity contribution in [2.75, 3.05) is 13.1 Å². The Morgan fingerprint density at radius 3 is 0.812 bits per heavy atom. The predicted octanol–water partition coefficient (Wildman–Crippen LogP) is 11.2. The fourth-order valence-electron chi connectivity index (χ4n) is 4.31. The van der Waals surface area contributed by atoms with E-state index in [0.29, 0.717) is 0 Å². The molecule has 194 valence electrons. The summed E-state index contributed by atoms with van der Waals surface area (Å²) in [6, 6.07) is 0. The zero-order valence-electron chi connectivity index (χ0n) is 23.2. The van der Waals surface area contributed by atoms with Crippen molar-refractivity contribution in [3.05, 3.63) is 12.7 Å². The molecule has 1 nitrogen and oxygen atoms in total. The van der Waals surface area contributed by atoms with Crippen LogP contribution in [0.4, 0.5) is 0 Å². The standard InChI is InChI=1S/C28H59N.C3H6/c1-3-5-7-9-11-13-15-17-19-21-23-25-27-29-28-26-24-22-20-18-16-14-12-10-8-6-4-2;1-3-2/h29H,3-28H2,1-2H3;3H,1H2,2H3. The quantitative estimate of drug-likeness (QED) is 0.102. The monoisotopic (exact) mass is 452 g/mol. The van der Waals surface area contributed by atoms with Gasteiger partial charge in [0.2, 0.25) is 0 Å². The Balaban J connectivity index is 0. The van der Waals surface area contributed by atoms with Crippen molar-refractivity contribution in [1.29, 1.82) is 0 Å². The molecule has 0 unspecified atom stereocenters. The third-order valence-corrected chi connectivity index (χ3v) is 6.41. The van der Waals surface area contributed by atoms with Gasteiger partial charge in [-0.2, -0.15) is 0 Å². The number of allylic oxidation sites excluding steroid dienone is 1. The minimum absolute atomic E-state index is 1.25. The van der Waals surface area contributed by atoms with Crippen molar-refractivity contribution in [2.45, 2.75) is 175 Å². The van der Waals surface area contributed by atoms with Gasteiger partial charge in [-0.15, -0.1) is 6.58 Å². The first-order chi connectivity index (χ1) is 15.8. The molecule has 0 aliphatic heterocycles. The first kappa shape index (κ1) is 33.9. The lowest BCUT2D eigenvalue weighted by Crippen LogP contribution is -2.16. The van der Waals surface area contributed by atoms with Crippen LogP contribution in [0, 0.1) is 0 Å². The van der Waals surface area contributed by atoms with E-state index in [0.717, 1.165) is 0 Å². The van der Waals surface area contributed by atoms with Crippen molar-refractivity contribution in [3.8, 4) is 0 Å². The maximum atomic E-state index is 3.66. The van der Waals surface area contributed by atoms with Crippen molar-refractivity contribution in [2.24, 2.45) is 0 Å². The third kappa shape index (κ3) is 37.0. The third-order valence-electron chi connectivity index (χ3n) is 6.41. The van der Waals surface area contributed by atoms with Crippen LogP contribution in [-0.2, 0) is 0 Å². The molecule has 0 saturated carbocycles. The molecular weight excluding hydrogens is 386 g/mol. The van der Waals surface area contributed by atoms with Gasteiger partial charge in [0.1, 0.15) is 0 Å². The molecule has 0 aliphatic carbocycles. The maximum absolute atomic E-state index is 3.66. The highest BCUT2D eigenvalue weighted by atomic mass is 14.8. The Bertz CT molecular complexity index is 273. The Labute approximate surface area is 206 Å². The van der Waals surface area contributed by atoms with E-state index in [1.807, 2.05) is 6.92 Å². The number of nitrogens with one attached hydrogen (secondary N) is 1. The average Bonchev–Trinajstić information content (AvgIpc) is 2.79. The molecule has 0 amide bonds. The molecule has 1 N–H and O–H groups in total. The van der Waals surface area contributed by atoms with E-state index >= 15 is 0 Å². The van der Waals surface area contributed by atoms with Gasteiger partial charge >= 0.3 is 0 Å². The minimum atomic E-state index is 1.25. The average molecular weight is 452 g/mol. The molecule has 0 aromatic rings. The zero-order valence-corrected chi connectivity index (χ0v) is 23.2. The van der Waals surface area contributed by atoms with E-state index in [1.165, 1.54) is 167 Å². The fraction of sp³-hybridized carbons (Fsp3) is 0.935. The summed E-state index contributed by atoms with van der Waals surface area (Å²) in [7, 11) is 0. The van der Waals surface area contributed by atoms with Crippen LogP contribution in [0.3, 0.4) is 0 Å². The Kier molecular flexibility index (Phi) is 37.4. The van der Waals surface area contributed by atoms with Crippen LogP contribution in [0.5, 0.6) is 0 Å². The molecule has 0 atom stereocenters. The molecule has 0 radical (unpaired) electrons. The number of hydrogen-bond acceptors (Lipinski definition) is 1. The zero-order chi connectivity index (χ0) is 23.8. The van der Waals surface area contributed by atoms with E-state index < -0.39 is 0 Å². The summed E-state index contributed by atoms with van der Waals surface area (Å²) in [4.78, 5) is 0. The lowest BCUT2D eigenvalue weighted by molar-refractivity contribution is 0.521. The van der Waals surface area contributed by atoms with E-state index in [4.69, 9.17) is 0 Å². The fourth-order valence-corrected chi connectivity index (χ4v) is 4.31. The van der Waals surface area contributed by atoms with Crippen LogP contribution in [0.15, 0.2) is 12.7 Å². The lowest BCUT2D eigenvalue weighted by atomic mass is 10.1. The lowest BCUT2D eigenvalue weighted by Gasteiger charge is -2.06. The van der Waals surface area contributed by atoms with E-state index in [1.54, 1.807) is 6.08 Å². The van der Waals surface area contributed by atoms with Crippen LogP contribution < -0.4 is 5.32 Å². The highest BCUT2D eigenvalue weighted by Crippen LogP contribution is 2.13. The summed E-state index contributed by atoms with van der Waals surface area (Å²) in [5.74, 6) is 0. The van der Waals surface area contributed by atoms with Gasteiger partial charge < -0.3 is 5.32 Å². The second-order valence-corrected chi connectivity index (χ2v) is 9.94. The van der Waals surface area contributed by atoms with Crippen molar-refractivity contribution < 1.29 is 0 Å². The van der Waals surface area contributed by atoms with Gasteiger partial charge in [-0.1, -0.05) is 161 Å². The van der Waals surface area contributed by atoms with Crippen molar-refractivity contribution in [3.63, 3.8) is 0 Å². The van der Waals surface area contributed by atoms with Crippen molar-refractivity contribution >= 4 is 0 Å². The number of rotatable bonds is 26. The summed E-state index contributed by atoms with van der Waals surface area (Å²) in [6.45, 7) is 12.3. The van der Waals surface area contributed by atoms with E-state index in [-0.39, 0.29) is 0 Å². The summed E-state index contributed by atoms with van der Waals surface area (Å²) < 4.78 is 0. The summed E-state index contributed by atoms with van der Waals surface area (Å²) >= 11 is 0. The van der Waals surface area contributed by atoms with Crippen molar-refractivity contribution in [1.82, 2.24) is 5.32 Å². The highest BCUT2D eigenvalue weighted by molar-refractivity contribution is 4.53. The van der Waals surface area contributed by atoms with Gasteiger partial charge in [-0.05, 0) is 32.9 Å². The SMILES string of the molecule is C=CC.CCCCCCCCCCCCCCNCCCCCCCCCCCCCC. The molecule has 0 fully saturated rings. The Morgan fingerprint density at radius 2 is 0.594 bits per heavy atom. The second kappa shape index (κ2) is 35.3. The molecule has 0 aliphatic rings. The molecule has 1 heteroatoms. The first-order valence-electron chi connectivity index (χ1n) is 15.1. The molecule has 0 spiro atoms. The largest absolute Gasteiger partial charge is 0.317 e. The molecule has 0 rings (SSSR count). The van der Waals surface area contributed by atoms with E-state index in [2.05, 4.69) is 25.7 Å². The van der Waals surface area contributed by atoms with Crippen LogP contribution in [0.25, 0.3) is 0 Å². The molecule has 0 aromatic heterocycles. The summed E-state index contributed by atoms with van der Waals surface area (Å²) in [5, 5.41) is 3.66. The van der Waals surface area contributed by atoms with Gasteiger partial charge in [-0.3, -0.25) is 0 Å². The normalized spacial score (nSPS) is 10.7. The van der Waals surface area contributed by atoms with Gasteiger partial charge in [0.15, 0.2) is 0 Å². The van der Waals surface area contributed by atoms with Gasteiger partial charge in [0.05, 0.1) is 0 Å². The molecule has 32 heavy (non-hydrogen) atoms. The second-order valence-electron chi connectivity index (χ2n) is 9.94. The van der Waals surface area contributed by atoms with Gasteiger partial charge in [0, 0.05) is 0 Å². The molecule has 0 aromatic carbocycles. The van der Waals surface area contributed by atoms with Crippen LogP contribution in [0.1, 0.15) is 175 Å². The molecule has 0 saturated heterocycles. The smallest absolute Gasteiger partial charge is 0.00489 e. The van der Waals surface area contributed by atoms with Gasteiger partial charge in [0.25, 0.3) is 0 Å². The summed E-state index contributed by atoms with van der Waals surface area (Å²) in [6.07, 6.45) is 36.5. The molecule has 0 heterocycles. The number of hydrogen-bond donors (Lipinski definition) is 1.